The molecule has 0 spiro atoms. The van der Waals surface area contributed by atoms with Crippen LogP contribution in [0.3, 0.4) is 0 Å². The van der Waals surface area contributed by atoms with Crippen LogP contribution in [0.1, 0.15) is 20.8 Å². The minimum Gasteiger partial charge on any atom is -0.494 e. The topological polar surface area (TPSA) is 79.0 Å². The van der Waals surface area contributed by atoms with E-state index in [1.54, 1.807) is 29.2 Å². The first-order valence-electron chi connectivity index (χ1n) is 7.69. The number of carbonyl (C=O) groups excluding carboxylic acids is 3. The van der Waals surface area contributed by atoms with Crippen LogP contribution in [0.5, 0.6) is 5.75 Å². The molecule has 0 bridgehead atoms. The van der Waals surface area contributed by atoms with Crippen LogP contribution >= 0.6 is 0 Å². The average Bonchev–Trinajstić information content (AvgIpc) is 2.53. The van der Waals surface area contributed by atoms with Gasteiger partial charge in [0.05, 0.1) is 12.3 Å². The van der Waals surface area contributed by atoms with Gasteiger partial charge in [-0.3, -0.25) is 19.8 Å². The van der Waals surface area contributed by atoms with Gasteiger partial charge in [0.1, 0.15) is 5.75 Å². The van der Waals surface area contributed by atoms with Crippen LogP contribution in [0.25, 0.3) is 0 Å². The average molecular weight is 319 g/mol. The summed E-state index contributed by atoms with van der Waals surface area (Å²) >= 11 is 0. The predicted molar refractivity (Wildman–Crippen MR) is 85.3 cm³/mol. The number of nitrogens with zero attached hydrogens (tertiary/aromatic N) is 2. The third-order valence-corrected chi connectivity index (χ3v) is 3.72. The molecule has 7 heteroatoms. The zero-order valence-corrected chi connectivity index (χ0v) is 13.5. The third kappa shape index (κ3) is 3.34. The number of barbiturate groups is 1. The molecule has 0 saturated carbocycles. The van der Waals surface area contributed by atoms with Crippen molar-refractivity contribution in [2.75, 3.05) is 24.6 Å². The van der Waals surface area contributed by atoms with Crippen LogP contribution in [-0.2, 0) is 9.59 Å². The van der Waals surface area contributed by atoms with Gasteiger partial charge in [0.2, 0.25) is 0 Å². The van der Waals surface area contributed by atoms with Gasteiger partial charge in [-0.1, -0.05) is 13.8 Å². The molecule has 1 N–H and O–H groups in total. The molecule has 1 aliphatic rings. The van der Waals surface area contributed by atoms with E-state index in [4.69, 9.17) is 4.74 Å². The number of carbonyl (C=O) groups is 3. The summed E-state index contributed by atoms with van der Waals surface area (Å²) in [7, 11) is 0. The summed E-state index contributed by atoms with van der Waals surface area (Å²) in [6.07, 6.45) is 0. The van der Waals surface area contributed by atoms with E-state index < -0.39 is 23.9 Å². The molecule has 1 saturated heterocycles. The van der Waals surface area contributed by atoms with Gasteiger partial charge in [0.15, 0.2) is 6.04 Å². The number of benzene rings is 1. The summed E-state index contributed by atoms with van der Waals surface area (Å²) in [6, 6.07) is 4.89. The molecular formula is C16H21N3O4. The van der Waals surface area contributed by atoms with Crippen molar-refractivity contribution < 1.29 is 19.1 Å². The molecule has 1 aliphatic heterocycles. The van der Waals surface area contributed by atoms with E-state index in [2.05, 4.69) is 5.32 Å². The Morgan fingerprint density at radius 1 is 1.09 bits per heavy atom. The van der Waals surface area contributed by atoms with Gasteiger partial charge in [0.25, 0.3) is 11.8 Å². The highest BCUT2D eigenvalue weighted by Crippen LogP contribution is 2.23. The highest BCUT2D eigenvalue weighted by Gasteiger charge is 2.43. The fourth-order valence-corrected chi connectivity index (χ4v) is 2.58. The van der Waals surface area contributed by atoms with Crippen molar-refractivity contribution in [1.82, 2.24) is 10.2 Å². The number of ether oxygens (including phenoxy) is 1. The van der Waals surface area contributed by atoms with E-state index in [1.807, 2.05) is 20.8 Å². The molecule has 1 heterocycles. The van der Waals surface area contributed by atoms with Gasteiger partial charge in [-0.15, -0.1) is 0 Å². The van der Waals surface area contributed by atoms with Crippen molar-refractivity contribution in [3.05, 3.63) is 24.3 Å². The van der Waals surface area contributed by atoms with E-state index in [0.29, 0.717) is 31.1 Å². The van der Waals surface area contributed by atoms with Crippen molar-refractivity contribution in [3.63, 3.8) is 0 Å². The van der Waals surface area contributed by atoms with E-state index in [1.165, 1.54) is 0 Å². The van der Waals surface area contributed by atoms with Crippen LogP contribution in [-0.4, -0.2) is 48.5 Å². The lowest BCUT2D eigenvalue weighted by Gasteiger charge is -2.35. The molecule has 0 aliphatic carbocycles. The Hall–Kier alpha value is -2.41. The first-order chi connectivity index (χ1) is 11.0. The molecule has 1 unspecified atom stereocenters. The Morgan fingerprint density at radius 2 is 1.70 bits per heavy atom. The zero-order valence-electron chi connectivity index (χ0n) is 13.5. The quantitative estimate of drug-likeness (QED) is 0.801. The van der Waals surface area contributed by atoms with Crippen LogP contribution in [0.15, 0.2) is 24.3 Å². The molecule has 124 valence electrons. The third-order valence-electron chi connectivity index (χ3n) is 3.72. The van der Waals surface area contributed by atoms with Gasteiger partial charge >= 0.3 is 6.03 Å². The summed E-state index contributed by atoms with van der Waals surface area (Å²) in [5.41, 5.74) is 0.403. The van der Waals surface area contributed by atoms with Gasteiger partial charge in [-0.05, 0) is 44.3 Å². The Kier molecular flexibility index (Phi) is 5.33. The predicted octanol–water partition coefficient (Wildman–Crippen LogP) is 1.38. The van der Waals surface area contributed by atoms with Crippen LogP contribution in [0.4, 0.5) is 10.5 Å². The maximum atomic E-state index is 12.7. The number of amides is 4. The number of imide groups is 2. The maximum absolute atomic E-state index is 12.7. The second-order valence-corrected chi connectivity index (χ2v) is 5.02. The van der Waals surface area contributed by atoms with Gasteiger partial charge in [0, 0.05) is 0 Å². The van der Waals surface area contributed by atoms with E-state index in [-0.39, 0.29) is 0 Å². The number of hydrogen-bond acceptors (Lipinski definition) is 5. The fraction of sp³-hybridized carbons (Fsp3) is 0.438. The number of rotatable bonds is 6. The molecule has 2 rings (SSSR count). The van der Waals surface area contributed by atoms with Crippen molar-refractivity contribution in [2.45, 2.75) is 26.8 Å². The Balaban J connectivity index is 2.31. The largest absolute Gasteiger partial charge is 0.494 e. The molecule has 0 radical (unpaired) electrons. The maximum Gasteiger partial charge on any atom is 0.335 e. The van der Waals surface area contributed by atoms with Crippen LogP contribution < -0.4 is 15.0 Å². The molecular weight excluding hydrogens is 298 g/mol. The number of likely N-dealkylation sites (N-methyl/N-ethyl adjacent to an activating group) is 1. The fourth-order valence-electron chi connectivity index (χ4n) is 2.58. The number of urea groups is 1. The second kappa shape index (κ2) is 7.23. The summed E-state index contributed by atoms with van der Waals surface area (Å²) in [4.78, 5) is 39.5. The van der Waals surface area contributed by atoms with Gasteiger partial charge in [-0.2, -0.15) is 0 Å². The minimum absolute atomic E-state index is 0.403. The normalized spacial score (nSPS) is 18.3. The SMILES string of the molecule is CCOc1ccc(N2C(=O)NC(=O)C(N(CC)CC)C2=O)cc1. The summed E-state index contributed by atoms with van der Waals surface area (Å²) < 4.78 is 5.35. The number of hydrogen-bond donors (Lipinski definition) is 1. The van der Waals surface area contributed by atoms with Crippen molar-refractivity contribution in [1.29, 1.82) is 0 Å². The Morgan fingerprint density at radius 3 is 2.22 bits per heavy atom. The van der Waals surface area contributed by atoms with Crippen LogP contribution in [0.2, 0.25) is 0 Å². The molecule has 23 heavy (non-hydrogen) atoms. The minimum atomic E-state index is -0.991. The first-order valence-corrected chi connectivity index (χ1v) is 7.69. The summed E-state index contributed by atoms with van der Waals surface area (Å²) in [6.45, 7) is 7.19. The number of nitrogens with one attached hydrogen (secondary N) is 1. The molecule has 1 atom stereocenters. The Labute approximate surface area is 135 Å². The van der Waals surface area contributed by atoms with Crippen molar-refractivity contribution in [3.8, 4) is 5.75 Å². The smallest absolute Gasteiger partial charge is 0.335 e. The van der Waals surface area contributed by atoms with E-state index >= 15 is 0 Å². The van der Waals surface area contributed by atoms with Crippen molar-refractivity contribution in [2.24, 2.45) is 0 Å². The van der Waals surface area contributed by atoms with Crippen LogP contribution in [0, 0.1) is 0 Å². The molecule has 0 aromatic heterocycles. The summed E-state index contributed by atoms with van der Waals surface area (Å²) in [5, 5.41) is 2.25. The zero-order chi connectivity index (χ0) is 17.0. The second-order valence-electron chi connectivity index (χ2n) is 5.02. The molecule has 7 nitrogen and oxygen atoms in total. The lowest BCUT2D eigenvalue weighted by Crippen LogP contribution is -2.65. The lowest BCUT2D eigenvalue weighted by molar-refractivity contribution is -0.136. The molecule has 1 fully saturated rings. The summed E-state index contributed by atoms with van der Waals surface area (Å²) in [5.74, 6) is -0.463. The van der Waals surface area contributed by atoms with E-state index in [9.17, 15) is 14.4 Å². The van der Waals surface area contributed by atoms with Crippen molar-refractivity contribution >= 4 is 23.5 Å². The van der Waals surface area contributed by atoms with E-state index in [0.717, 1.165) is 4.90 Å². The first kappa shape index (κ1) is 17.0. The Bertz CT molecular complexity index is 596. The monoisotopic (exact) mass is 319 g/mol. The molecule has 4 amide bonds. The molecule has 1 aromatic rings. The standard InChI is InChI=1S/C16H21N3O4/c1-4-18(5-2)13-14(20)17-16(22)19(15(13)21)11-7-9-12(10-8-11)23-6-3/h7-10,13H,4-6H2,1-3H3,(H,17,20,22). The number of anilines is 1. The van der Waals surface area contributed by atoms with Gasteiger partial charge in [-0.25, -0.2) is 9.69 Å². The molecule has 1 aromatic carbocycles. The highest BCUT2D eigenvalue weighted by atomic mass is 16.5. The van der Waals surface area contributed by atoms with Gasteiger partial charge < -0.3 is 4.74 Å². The highest BCUT2D eigenvalue weighted by molar-refractivity contribution is 6.29. The lowest BCUT2D eigenvalue weighted by atomic mass is 10.1.